The SMILES string of the molecule is COc1cccc(C#N)c1NCc1cccc(C#N)c1F. The van der Waals surface area contributed by atoms with E-state index in [1.165, 1.54) is 13.2 Å². The number of nitriles is 2. The molecule has 0 unspecified atom stereocenters. The van der Waals surface area contributed by atoms with Crippen LogP contribution in [0.1, 0.15) is 16.7 Å². The van der Waals surface area contributed by atoms with Crippen LogP contribution in [-0.4, -0.2) is 7.11 Å². The molecule has 2 rings (SSSR count). The van der Waals surface area contributed by atoms with Crippen LogP contribution in [0.15, 0.2) is 36.4 Å². The summed E-state index contributed by atoms with van der Waals surface area (Å²) in [5.74, 6) is -0.0493. The van der Waals surface area contributed by atoms with Gasteiger partial charge in [-0.2, -0.15) is 10.5 Å². The highest BCUT2D eigenvalue weighted by atomic mass is 19.1. The molecule has 0 radical (unpaired) electrons. The van der Waals surface area contributed by atoms with Crippen LogP contribution in [0, 0.1) is 28.5 Å². The topological polar surface area (TPSA) is 68.8 Å². The molecule has 1 N–H and O–H groups in total. The van der Waals surface area contributed by atoms with Crippen molar-refractivity contribution in [2.24, 2.45) is 0 Å². The first-order valence-electron chi connectivity index (χ1n) is 6.19. The number of ether oxygens (including phenoxy) is 1. The third kappa shape index (κ3) is 2.93. The van der Waals surface area contributed by atoms with Crippen molar-refractivity contribution in [2.45, 2.75) is 6.54 Å². The van der Waals surface area contributed by atoms with Gasteiger partial charge < -0.3 is 10.1 Å². The van der Waals surface area contributed by atoms with Gasteiger partial charge in [0, 0.05) is 12.1 Å². The van der Waals surface area contributed by atoms with Crippen LogP contribution >= 0.6 is 0 Å². The van der Waals surface area contributed by atoms with Crippen molar-refractivity contribution in [3.8, 4) is 17.9 Å². The van der Waals surface area contributed by atoms with Crippen LogP contribution in [0.25, 0.3) is 0 Å². The molecule has 4 nitrogen and oxygen atoms in total. The second-order valence-corrected chi connectivity index (χ2v) is 4.24. The third-order valence-corrected chi connectivity index (χ3v) is 3.02. The minimum absolute atomic E-state index is 0.00478. The van der Waals surface area contributed by atoms with E-state index in [1.807, 2.05) is 0 Å². The monoisotopic (exact) mass is 281 g/mol. The number of hydrogen-bond acceptors (Lipinski definition) is 4. The zero-order chi connectivity index (χ0) is 15.2. The zero-order valence-corrected chi connectivity index (χ0v) is 11.4. The highest BCUT2D eigenvalue weighted by Crippen LogP contribution is 2.28. The van der Waals surface area contributed by atoms with Gasteiger partial charge in [-0.25, -0.2) is 4.39 Å². The minimum atomic E-state index is -0.555. The zero-order valence-electron chi connectivity index (χ0n) is 11.4. The Morgan fingerprint density at radius 2 is 1.76 bits per heavy atom. The number of para-hydroxylation sites is 1. The molecule has 2 aromatic carbocycles. The Labute approximate surface area is 122 Å². The molecular weight excluding hydrogens is 269 g/mol. The Hall–Kier alpha value is -3.05. The van der Waals surface area contributed by atoms with E-state index in [0.717, 1.165) is 0 Å². The van der Waals surface area contributed by atoms with E-state index in [4.69, 9.17) is 15.3 Å². The fourth-order valence-corrected chi connectivity index (χ4v) is 1.96. The van der Waals surface area contributed by atoms with Crippen molar-refractivity contribution in [1.29, 1.82) is 10.5 Å². The van der Waals surface area contributed by atoms with Crippen molar-refractivity contribution in [3.63, 3.8) is 0 Å². The summed E-state index contributed by atoms with van der Waals surface area (Å²) in [5.41, 5.74) is 1.26. The lowest BCUT2D eigenvalue weighted by molar-refractivity contribution is 0.416. The van der Waals surface area contributed by atoms with Gasteiger partial charge >= 0.3 is 0 Å². The number of benzene rings is 2. The van der Waals surface area contributed by atoms with E-state index in [9.17, 15) is 4.39 Å². The maximum absolute atomic E-state index is 14.0. The van der Waals surface area contributed by atoms with Gasteiger partial charge in [-0.05, 0) is 18.2 Å². The third-order valence-electron chi connectivity index (χ3n) is 3.02. The largest absolute Gasteiger partial charge is 0.495 e. The molecule has 5 heteroatoms. The summed E-state index contributed by atoms with van der Waals surface area (Å²) in [5, 5.41) is 20.9. The predicted octanol–water partition coefficient (Wildman–Crippen LogP) is 3.19. The van der Waals surface area contributed by atoms with Gasteiger partial charge in [0.15, 0.2) is 0 Å². The Morgan fingerprint density at radius 3 is 2.43 bits per heavy atom. The summed E-state index contributed by atoms with van der Waals surface area (Å²) in [6.45, 7) is 0.149. The van der Waals surface area contributed by atoms with Gasteiger partial charge in [0.1, 0.15) is 23.7 Å². The number of methoxy groups -OCH3 is 1. The van der Waals surface area contributed by atoms with Gasteiger partial charge in [0.05, 0.1) is 23.9 Å². The number of nitrogens with zero attached hydrogens (tertiary/aromatic N) is 2. The molecule has 0 saturated carbocycles. The van der Waals surface area contributed by atoms with Crippen LogP contribution in [0.3, 0.4) is 0 Å². The fraction of sp³-hybridized carbons (Fsp3) is 0.125. The summed E-state index contributed by atoms with van der Waals surface area (Å²) in [4.78, 5) is 0. The Morgan fingerprint density at radius 1 is 1.10 bits per heavy atom. The number of rotatable bonds is 4. The predicted molar refractivity (Wildman–Crippen MR) is 76.2 cm³/mol. The highest BCUT2D eigenvalue weighted by molar-refractivity contribution is 5.66. The fourth-order valence-electron chi connectivity index (χ4n) is 1.96. The first kappa shape index (κ1) is 14.4. The van der Waals surface area contributed by atoms with Crippen molar-refractivity contribution >= 4 is 5.69 Å². The molecule has 0 atom stereocenters. The number of nitrogens with one attached hydrogen (secondary N) is 1. The molecule has 0 aliphatic rings. The Bertz CT molecular complexity index is 744. The molecule has 0 aliphatic heterocycles. The van der Waals surface area contributed by atoms with Gasteiger partial charge in [-0.1, -0.05) is 18.2 Å². The Balaban J connectivity index is 2.30. The first-order valence-corrected chi connectivity index (χ1v) is 6.19. The lowest BCUT2D eigenvalue weighted by atomic mass is 10.1. The quantitative estimate of drug-likeness (QED) is 0.934. The summed E-state index contributed by atoms with van der Waals surface area (Å²) >= 11 is 0. The van der Waals surface area contributed by atoms with Crippen molar-refractivity contribution in [1.82, 2.24) is 0 Å². The van der Waals surface area contributed by atoms with Crippen molar-refractivity contribution in [3.05, 3.63) is 58.9 Å². The lowest BCUT2D eigenvalue weighted by Crippen LogP contribution is -2.06. The van der Waals surface area contributed by atoms with Crippen molar-refractivity contribution in [2.75, 3.05) is 12.4 Å². The maximum Gasteiger partial charge on any atom is 0.145 e. The molecular formula is C16H12FN3O. The first-order chi connectivity index (χ1) is 10.2. The Kier molecular flexibility index (Phi) is 4.38. The molecule has 0 amide bonds. The molecule has 0 aliphatic carbocycles. The number of anilines is 1. The van der Waals surface area contributed by atoms with E-state index < -0.39 is 5.82 Å². The normalized spacial score (nSPS) is 9.52. The molecule has 104 valence electrons. The highest BCUT2D eigenvalue weighted by Gasteiger charge is 2.11. The van der Waals surface area contributed by atoms with E-state index in [2.05, 4.69) is 11.4 Å². The summed E-state index contributed by atoms with van der Waals surface area (Å²) in [6.07, 6.45) is 0. The molecule has 0 saturated heterocycles. The van der Waals surface area contributed by atoms with E-state index in [1.54, 1.807) is 36.4 Å². The van der Waals surface area contributed by atoms with Crippen LogP contribution < -0.4 is 10.1 Å². The number of hydrogen-bond donors (Lipinski definition) is 1. The molecule has 0 spiro atoms. The van der Waals surface area contributed by atoms with Gasteiger partial charge in [0.2, 0.25) is 0 Å². The van der Waals surface area contributed by atoms with Crippen LogP contribution in [0.5, 0.6) is 5.75 Å². The van der Waals surface area contributed by atoms with Crippen LogP contribution in [-0.2, 0) is 6.54 Å². The van der Waals surface area contributed by atoms with Crippen LogP contribution in [0.2, 0.25) is 0 Å². The van der Waals surface area contributed by atoms with E-state index in [-0.39, 0.29) is 12.1 Å². The molecule has 0 aromatic heterocycles. The average Bonchev–Trinajstić information content (AvgIpc) is 2.53. The van der Waals surface area contributed by atoms with Crippen LogP contribution in [0.4, 0.5) is 10.1 Å². The molecule has 21 heavy (non-hydrogen) atoms. The summed E-state index contributed by atoms with van der Waals surface area (Å²) in [6, 6.07) is 13.5. The second-order valence-electron chi connectivity index (χ2n) is 4.24. The van der Waals surface area contributed by atoms with Gasteiger partial charge in [0.25, 0.3) is 0 Å². The molecule has 0 fully saturated rings. The number of halogens is 1. The van der Waals surface area contributed by atoms with Gasteiger partial charge in [-0.15, -0.1) is 0 Å². The molecule has 0 heterocycles. The average molecular weight is 281 g/mol. The standard InChI is InChI=1S/C16H12FN3O/c1-21-14-7-3-5-12(9-19)16(14)20-10-13-6-2-4-11(8-18)15(13)17/h2-7,20H,10H2,1H3. The van der Waals surface area contributed by atoms with Crippen molar-refractivity contribution < 1.29 is 9.13 Å². The van der Waals surface area contributed by atoms with Gasteiger partial charge in [-0.3, -0.25) is 0 Å². The second kappa shape index (κ2) is 6.40. The minimum Gasteiger partial charge on any atom is -0.495 e. The molecule has 2 aromatic rings. The lowest BCUT2D eigenvalue weighted by Gasteiger charge is -2.13. The molecule has 0 bridgehead atoms. The van der Waals surface area contributed by atoms with E-state index in [0.29, 0.717) is 22.6 Å². The maximum atomic E-state index is 14.0. The smallest absolute Gasteiger partial charge is 0.145 e. The summed E-state index contributed by atoms with van der Waals surface area (Å²) in [7, 11) is 1.50. The summed E-state index contributed by atoms with van der Waals surface area (Å²) < 4.78 is 19.2. The van der Waals surface area contributed by atoms with E-state index >= 15 is 0 Å².